The second-order valence-corrected chi connectivity index (χ2v) is 8.50. The Morgan fingerprint density at radius 3 is 2.78 bits per heavy atom. The van der Waals surface area contributed by atoms with Crippen molar-refractivity contribution in [3.63, 3.8) is 0 Å². The van der Waals surface area contributed by atoms with Gasteiger partial charge in [0, 0.05) is 23.7 Å². The fourth-order valence-corrected chi connectivity index (χ4v) is 4.06. The van der Waals surface area contributed by atoms with E-state index in [1.54, 1.807) is 35.8 Å². The van der Waals surface area contributed by atoms with Crippen molar-refractivity contribution in [3.05, 3.63) is 70.3 Å². The number of rotatable bonds is 8. The van der Waals surface area contributed by atoms with Gasteiger partial charge in [0.1, 0.15) is 0 Å². The van der Waals surface area contributed by atoms with E-state index in [0.717, 1.165) is 4.90 Å². The van der Waals surface area contributed by atoms with Crippen molar-refractivity contribution in [2.45, 2.75) is 24.1 Å². The Bertz CT molecular complexity index is 1310. The highest BCUT2D eigenvalue weighted by Crippen LogP contribution is 2.27. The zero-order chi connectivity index (χ0) is 22.7. The number of nitrogens with zero attached hydrogens (tertiary/aromatic N) is 4. The lowest BCUT2D eigenvalue weighted by Gasteiger charge is -2.11. The van der Waals surface area contributed by atoms with E-state index < -0.39 is 5.76 Å². The van der Waals surface area contributed by atoms with Crippen molar-refractivity contribution < 1.29 is 13.7 Å². The Labute approximate surface area is 188 Å². The Morgan fingerprint density at radius 2 is 2.03 bits per heavy atom. The number of hydrogen-bond acceptors (Lipinski definition) is 8. The van der Waals surface area contributed by atoms with E-state index in [4.69, 9.17) is 8.94 Å². The summed E-state index contributed by atoms with van der Waals surface area (Å²) < 4.78 is 12.0. The maximum Gasteiger partial charge on any atom is 0.419 e. The van der Waals surface area contributed by atoms with Crippen LogP contribution in [-0.2, 0) is 12.3 Å². The summed E-state index contributed by atoms with van der Waals surface area (Å²) in [7, 11) is 3.88. The molecule has 0 radical (unpaired) electrons. The summed E-state index contributed by atoms with van der Waals surface area (Å²) in [5.41, 5.74) is 2.24. The Hall–Kier alpha value is -3.37. The maximum absolute atomic E-state index is 13.0. The number of amides is 1. The van der Waals surface area contributed by atoms with Crippen molar-refractivity contribution in [2.24, 2.45) is 0 Å². The molecule has 0 fully saturated rings. The van der Waals surface area contributed by atoms with Crippen LogP contribution in [0, 0.1) is 6.92 Å². The van der Waals surface area contributed by atoms with Crippen molar-refractivity contribution in [1.29, 1.82) is 0 Å². The Kier molecular flexibility index (Phi) is 6.42. The fraction of sp³-hybridized carbons (Fsp3) is 0.273. The molecule has 10 heteroatoms. The zero-order valence-electron chi connectivity index (χ0n) is 18.0. The molecule has 4 aromatic rings. The molecule has 0 aliphatic rings. The molecule has 1 N–H and O–H groups in total. The molecule has 0 aliphatic heterocycles. The van der Waals surface area contributed by atoms with Crippen molar-refractivity contribution >= 4 is 34.5 Å². The third-order valence-electron chi connectivity index (χ3n) is 4.75. The molecular formula is C22H23N5O4S. The first-order valence-corrected chi connectivity index (χ1v) is 11.0. The zero-order valence-corrected chi connectivity index (χ0v) is 18.8. The smallest absolute Gasteiger partial charge is 0.408 e. The summed E-state index contributed by atoms with van der Waals surface area (Å²) in [6.07, 6.45) is 0. The second kappa shape index (κ2) is 9.41. The van der Waals surface area contributed by atoms with Gasteiger partial charge in [0.15, 0.2) is 11.4 Å². The second-order valence-electron chi connectivity index (χ2n) is 7.48. The van der Waals surface area contributed by atoms with Crippen LogP contribution in [0.4, 0.5) is 5.69 Å². The summed E-state index contributed by atoms with van der Waals surface area (Å²) in [5, 5.41) is 6.71. The van der Waals surface area contributed by atoms with Crippen molar-refractivity contribution in [3.8, 4) is 0 Å². The molecule has 0 aliphatic carbocycles. The number of likely N-dealkylation sites (N-methyl/N-ethyl adjacent to an activating group) is 1. The normalized spacial score (nSPS) is 11.4. The lowest BCUT2D eigenvalue weighted by Crippen LogP contribution is -2.23. The summed E-state index contributed by atoms with van der Waals surface area (Å²) >= 11 is 1.45. The summed E-state index contributed by atoms with van der Waals surface area (Å²) in [4.78, 5) is 32.2. The minimum atomic E-state index is -0.414. The number of thioether (sulfide) groups is 1. The van der Waals surface area contributed by atoms with Gasteiger partial charge in [0.25, 0.3) is 5.91 Å². The largest absolute Gasteiger partial charge is 0.419 e. The fourth-order valence-electron chi connectivity index (χ4n) is 3.17. The van der Waals surface area contributed by atoms with Gasteiger partial charge in [-0.15, -0.1) is 11.8 Å². The van der Waals surface area contributed by atoms with Crippen LogP contribution in [0.3, 0.4) is 0 Å². The average molecular weight is 454 g/mol. The van der Waals surface area contributed by atoms with Gasteiger partial charge in [-0.1, -0.05) is 17.3 Å². The van der Waals surface area contributed by atoms with Crippen LogP contribution in [0.2, 0.25) is 0 Å². The van der Waals surface area contributed by atoms with Crippen LogP contribution in [0.5, 0.6) is 0 Å². The van der Waals surface area contributed by atoms with E-state index in [2.05, 4.69) is 15.5 Å². The standard InChI is InChI=1S/C22H23N5O4S/c1-14-23-20(31-25-14)13-32-19-7-5-4-6-16(19)21(28)24-15-8-9-18-17(12-15)27(22(29)30-18)11-10-26(2)3/h4-9,12H,10-11,13H2,1-3H3,(H,24,28). The van der Waals surface area contributed by atoms with Gasteiger partial charge in [-0.05, 0) is 51.4 Å². The first-order valence-electron chi connectivity index (χ1n) is 10.0. The van der Waals surface area contributed by atoms with Crippen molar-refractivity contribution in [1.82, 2.24) is 19.6 Å². The molecule has 0 saturated carbocycles. The molecule has 2 aromatic carbocycles. The van der Waals surface area contributed by atoms with Gasteiger partial charge in [0.2, 0.25) is 5.89 Å². The molecular weight excluding hydrogens is 430 g/mol. The monoisotopic (exact) mass is 453 g/mol. The summed E-state index contributed by atoms with van der Waals surface area (Å²) in [6, 6.07) is 12.5. The van der Waals surface area contributed by atoms with Gasteiger partial charge in [-0.2, -0.15) is 4.98 Å². The average Bonchev–Trinajstić information content (AvgIpc) is 3.32. The maximum atomic E-state index is 13.0. The quantitative estimate of drug-likeness (QED) is 0.405. The molecule has 9 nitrogen and oxygen atoms in total. The summed E-state index contributed by atoms with van der Waals surface area (Å²) in [5.74, 6) is 0.877. The van der Waals surface area contributed by atoms with Crippen LogP contribution in [0.1, 0.15) is 22.1 Å². The number of carbonyl (C=O) groups is 1. The third kappa shape index (κ3) is 4.92. The van der Waals surface area contributed by atoms with Crippen LogP contribution < -0.4 is 11.1 Å². The first-order chi connectivity index (χ1) is 15.4. The lowest BCUT2D eigenvalue weighted by atomic mass is 10.2. The van der Waals surface area contributed by atoms with Gasteiger partial charge >= 0.3 is 5.76 Å². The highest BCUT2D eigenvalue weighted by Gasteiger charge is 2.15. The Morgan fingerprint density at radius 1 is 1.22 bits per heavy atom. The van der Waals surface area contributed by atoms with E-state index in [1.807, 2.05) is 37.2 Å². The number of benzene rings is 2. The molecule has 1 amide bonds. The number of aromatic nitrogens is 3. The molecule has 166 valence electrons. The van der Waals surface area contributed by atoms with Gasteiger partial charge in [-0.25, -0.2) is 4.79 Å². The van der Waals surface area contributed by atoms with E-state index in [-0.39, 0.29) is 5.91 Å². The molecule has 2 aromatic heterocycles. The molecule has 0 spiro atoms. The number of oxazole rings is 1. The van der Waals surface area contributed by atoms with Crippen LogP contribution in [0.15, 0.2) is 61.1 Å². The molecule has 0 bridgehead atoms. The van der Waals surface area contributed by atoms with Gasteiger partial charge in [0.05, 0.1) is 16.8 Å². The number of anilines is 1. The first kappa shape index (κ1) is 21.8. The van der Waals surface area contributed by atoms with E-state index in [1.165, 1.54) is 11.8 Å². The van der Waals surface area contributed by atoms with Gasteiger partial charge in [-0.3, -0.25) is 9.36 Å². The third-order valence-corrected chi connectivity index (χ3v) is 5.81. The number of aryl methyl sites for hydroxylation is 1. The van der Waals surface area contributed by atoms with Crippen LogP contribution in [0.25, 0.3) is 11.1 Å². The van der Waals surface area contributed by atoms with Crippen LogP contribution >= 0.6 is 11.8 Å². The van der Waals surface area contributed by atoms with Crippen LogP contribution in [-0.4, -0.2) is 46.2 Å². The number of fused-ring (bicyclic) bond motifs is 1. The molecule has 0 atom stereocenters. The summed E-state index contributed by atoms with van der Waals surface area (Å²) in [6.45, 7) is 2.94. The molecule has 32 heavy (non-hydrogen) atoms. The SMILES string of the molecule is Cc1noc(CSc2ccccc2C(=O)Nc2ccc3oc(=O)n(CCN(C)C)c3c2)n1. The highest BCUT2D eigenvalue weighted by molar-refractivity contribution is 7.98. The van der Waals surface area contributed by atoms with Crippen molar-refractivity contribution in [2.75, 3.05) is 26.0 Å². The lowest BCUT2D eigenvalue weighted by molar-refractivity contribution is 0.102. The topological polar surface area (TPSA) is 106 Å². The molecule has 4 rings (SSSR count). The predicted octanol–water partition coefficient (Wildman–Crippen LogP) is 3.39. The number of carbonyl (C=O) groups excluding carboxylic acids is 1. The number of nitrogens with one attached hydrogen (secondary N) is 1. The van der Waals surface area contributed by atoms with E-state index in [9.17, 15) is 9.59 Å². The van der Waals surface area contributed by atoms with E-state index >= 15 is 0 Å². The minimum Gasteiger partial charge on any atom is -0.408 e. The highest BCUT2D eigenvalue weighted by atomic mass is 32.2. The van der Waals surface area contributed by atoms with E-state index in [0.29, 0.717) is 52.9 Å². The van der Waals surface area contributed by atoms with Gasteiger partial charge < -0.3 is 19.2 Å². The minimum absolute atomic E-state index is 0.250. The predicted molar refractivity (Wildman–Crippen MR) is 122 cm³/mol. The molecule has 2 heterocycles. The Balaban J connectivity index is 1.53. The molecule has 0 unspecified atom stereocenters. The molecule has 0 saturated heterocycles. The number of hydrogen-bond donors (Lipinski definition) is 1.